The van der Waals surface area contributed by atoms with Gasteiger partial charge in [0.15, 0.2) is 11.5 Å². The summed E-state index contributed by atoms with van der Waals surface area (Å²) in [5, 5.41) is 0.656. The van der Waals surface area contributed by atoms with E-state index in [4.69, 9.17) is 31.5 Å². The van der Waals surface area contributed by atoms with Gasteiger partial charge >= 0.3 is 10.1 Å². The first-order chi connectivity index (χ1) is 15.8. The van der Waals surface area contributed by atoms with Crippen molar-refractivity contribution in [1.29, 1.82) is 0 Å². The molecule has 168 valence electrons. The predicted octanol–water partition coefficient (Wildman–Crippen LogP) is 3.63. The number of nitrogens with two attached hydrogens (primary N) is 1. The Balaban J connectivity index is 1.67. The average Bonchev–Trinajstić information content (AvgIpc) is 3.37. The van der Waals surface area contributed by atoms with Crippen LogP contribution in [0, 0.1) is 0 Å². The molecule has 0 saturated carbocycles. The summed E-state index contributed by atoms with van der Waals surface area (Å²) in [4.78, 5) is 11.6. The highest BCUT2D eigenvalue weighted by Gasteiger charge is 2.49. The van der Waals surface area contributed by atoms with Gasteiger partial charge in [-0.2, -0.15) is 8.42 Å². The van der Waals surface area contributed by atoms with E-state index in [0.717, 1.165) is 34.3 Å². The maximum absolute atomic E-state index is 11.5. The normalized spacial score (nSPS) is 19.8. The Morgan fingerprint density at radius 2 is 1.70 bits per heavy atom. The molecule has 2 aliphatic rings. The minimum Gasteiger partial charge on any atom is -0.383 e. The fourth-order valence-corrected chi connectivity index (χ4v) is 4.99. The molecule has 0 amide bonds. The van der Waals surface area contributed by atoms with Gasteiger partial charge in [-0.1, -0.05) is 54.1 Å². The van der Waals surface area contributed by atoms with Gasteiger partial charge < -0.3 is 9.92 Å². The lowest BCUT2D eigenvalue weighted by Crippen LogP contribution is -2.41. The molecule has 0 fully saturated rings. The summed E-state index contributed by atoms with van der Waals surface area (Å²) in [6.07, 6.45) is 1.01. The van der Waals surface area contributed by atoms with E-state index in [1.54, 1.807) is 24.3 Å². The molecule has 0 spiro atoms. The minimum absolute atomic E-state index is 0.226. The highest BCUT2D eigenvalue weighted by Crippen LogP contribution is 2.43. The molecule has 5 rings (SSSR count). The number of guanidine groups is 1. The number of benzene rings is 3. The van der Waals surface area contributed by atoms with Crippen LogP contribution in [0.15, 0.2) is 82.8 Å². The van der Waals surface area contributed by atoms with Crippen molar-refractivity contribution in [2.75, 3.05) is 19.3 Å². The SMILES string of the molecule is CS(=O)(=O)Oc1ccc(C2(c3cccc(-c4cccc(Cl)c4)c3)N=C(N)N3CCN=C32)cc1. The van der Waals surface area contributed by atoms with Crippen LogP contribution in [0.2, 0.25) is 5.02 Å². The second-order valence-corrected chi connectivity index (χ2v) is 9.95. The van der Waals surface area contributed by atoms with E-state index in [0.29, 0.717) is 24.1 Å². The fourth-order valence-electron chi connectivity index (χ4n) is 4.33. The van der Waals surface area contributed by atoms with Crippen molar-refractivity contribution in [3.8, 4) is 16.9 Å². The van der Waals surface area contributed by atoms with Gasteiger partial charge in [-0.15, -0.1) is 0 Å². The van der Waals surface area contributed by atoms with Crippen LogP contribution >= 0.6 is 11.6 Å². The molecule has 3 aromatic rings. The summed E-state index contributed by atoms with van der Waals surface area (Å²) in [5.74, 6) is 1.38. The third-order valence-corrected chi connectivity index (χ3v) is 6.41. The molecule has 0 radical (unpaired) electrons. The van der Waals surface area contributed by atoms with Crippen LogP contribution in [-0.2, 0) is 15.7 Å². The number of hydrogen-bond donors (Lipinski definition) is 1. The fraction of sp³-hybridized carbons (Fsp3) is 0.167. The Morgan fingerprint density at radius 1 is 1.00 bits per heavy atom. The zero-order valence-electron chi connectivity index (χ0n) is 17.8. The van der Waals surface area contributed by atoms with E-state index in [1.165, 1.54) is 0 Å². The van der Waals surface area contributed by atoms with Crippen LogP contribution in [0.25, 0.3) is 11.1 Å². The van der Waals surface area contributed by atoms with Crippen LogP contribution in [0.1, 0.15) is 11.1 Å². The molecule has 33 heavy (non-hydrogen) atoms. The summed E-state index contributed by atoms with van der Waals surface area (Å²) in [6.45, 7) is 1.28. The zero-order chi connectivity index (χ0) is 23.2. The van der Waals surface area contributed by atoms with E-state index >= 15 is 0 Å². The van der Waals surface area contributed by atoms with Crippen molar-refractivity contribution in [3.63, 3.8) is 0 Å². The Bertz CT molecular complexity index is 1400. The minimum atomic E-state index is -3.63. The van der Waals surface area contributed by atoms with Gasteiger partial charge in [0.1, 0.15) is 11.6 Å². The molecular formula is C24H21ClN4O3S. The molecule has 2 N–H and O–H groups in total. The molecular weight excluding hydrogens is 460 g/mol. The third-order valence-electron chi connectivity index (χ3n) is 5.68. The smallest absolute Gasteiger partial charge is 0.306 e. The lowest BCUT2D eigenvalue weighted by molar-refractivity contribution is 0.492. The summed E-state index contributed by atoms with van der Waals surface area (Å²) in [5.41, 5.74) is 9.03. The van der Waals surface area contributed by atoms with Gasteiger partial charge in [0, 0.05) is 11.6 Å². The van der Waals surface area contributed by atoms with Crippen molar-refractivity contribution in [2.45, 2.75) is 5.54 Å². The molecule has 0 aromatic heterocycles. The van der Waals surface area contributed by atoms with Crippen molar-refractivity contribution >= 4 is 33.5 Å². The van der Waals surface area contributed by atoms with Gasteiger partial charge in [-0.05, 0) is 52.6 Å². The molecule has 2 aliphatic heterocycles. The number of nitrogens with zero attached hydrogens (tertiary/aromatic N) is 3. The molecule has 9 heteroatoms. The number of aliphatic imine (C=N–C) groups is 2. The van der Waals surface area contributed by atoms with E-state index in [2.05, 4.69) is 6.07 Å². The van der Waals surface area contributed by atoms with Crippen molar-refractivity contribution in [2.24, 2.45) is 15.7 Å². The summed E-state index contributed by atoms with van der Waals surface area (Å²) >= 11 is 6.22. The monoisotopic (exact) mass is 480 g/mol. The van der Waals surface area contributed by atoms with Gasteiger partial charge in [0.05, 0.1) is 12.8 Å². The van der Waals surface area contributed by atoms with Gasteiger partial charge in [-0.3, -0.25) is 9.89 Å². The molecule has 0 aliphatic carbocycles. The summed E-state index contributed by atoms with van der Waals surface area (Å²) in [6, 6.07) is 22.5. The van der Waals surface area contributed by atoms with Crippen molar-refractivity contribution < 1.29 is 12.6 Å². The number of rotatable bonds is 5. The van der Waals surface area contributed by atoms with Gasteiger partial charge in [0.25, 0.3) is 0 Å². The van der Waals surface area contributed by atoms with Crippen LogP contribution in [0.4, 0.5) is 0 Å². The van der Waals surface area contributed by atoms with Crippen LogP contribution < -0.4 is 9.92 Å². The molecule has 7 nitrogen and oxygen atoms in total. The average molecular weight is 481 g/mol. The van der Waals surface area contributed by atoms with Crippen LogP contribution in [0.3, 0.4) is 0 Å². The topological polar surface area (TPSA) is 97.3 Å². The Kier molecular flexibility index (Phi) is 5.14. The van der Waals surface area contributed by atoms with E-state index in [9.17, 15) is 8.42 Å². The number of fused-ring (bicyclic) bond motifs is 1. The van der Waals surface area contributed by atoms with E-state index in [-0.39, 0.29) is 5.75 Å². The first kappa shape index (κ1) is 21.5. The van der Waals surface area contributed by atoms with E-state index in [1.807, 2.05) is 47.4 Å². The largest absolute Gasteiger partial charge is 0.383 e. The lowest BCUT2D eigenvalue weighted by Gasteiger charge is -2.29. The second kappa shape index (κ2) is 7.90. The van der Waals surface area contributed by atoms with Crippen LogP contribution in [0.5, 0.6) is 5.75 Å². The molecule has 0 bridgehead atoms. The quantitative estimate of drug-likeness (QED) is 0.562. The standard InChI is InChI=1S/C24H21ClN4O3S/c1-33(30,31)32-21-10-8-18(9-11-21)24(22-27-12-13-29(22)23(26)28-24)19-6-2-4-16(14-19)17-5-3-7-20(25)15-17/h2-11,14-15H,12-13H2,1H3,(H2,26,28). The van der Waals surface area contributed by atoms with Gasteiger partial charge in [-0.25, -0.2) is 4.99 Å². The Labute approximate surface area is 197 Å². The maximum atomic E-state index is 11.5. The molecule has 0 saturated heterocycles. The predicted molar refractivity (Wildman–Crippen MR) is 130 cm³/mol. The number of halogens is 1. The summed E-state index contributed by atoms with van der Waals surface area (Å²) in [7, 11) is -3.63. The Morgan fingerprint density at radius 3 is 2.39 bits per heavy atom. The highest BCUT2D eigenvalue weighted by molar-refractivity contribution is 7.86. The first-order valence-electron chi connectivity index (χ1n) is 10.3. The third kappa shape index (κ3) is 3.85. The molecule has 2 heterocycles. The molecule has 1 unspecified atom stereocenters. The summed E-state index contributed by atoms with van der Waals surface area (Å²) < 4.78 is 28.1. The maximum Gasteiger partial charge on any atom is 0.306 e. The van der Waals surface area contributed by atoms with E-state index < -0.39 is 15.7 Å². The second-order valence-electron chi connectivity index (χ2n) is 7.94. The van der Waals surface area contributed by atoms with Gasteiger partial charge in [0.2, 0.25) is 0 Å². The van der Waals surface area contributed by atoms with Crippen molar-refractivity contribution in [1.82, 2.24) is 4.90 Å². The Hall–Kier alpha value is -3.36. The van der Waals surface area contributed by atoms with Crippen molar-refractivity contribution in [3.05, 3.63) is 88.9 Å². The first-order valence-corrected chi connectivity index (χ1v) is 12.5. The zero-order valence-corrected chi connectivity index (χ0v) is 19.3. The number of amidine groups is 1. The molecule has 1 atom stereocenters. The van der Waals surface area contributed by atoms with Crippen LogP contribution in [-0.4, -0.2) is 44.5 Å². The number of hydrogen-bond acceptors (Lipinski definition) is 7. The molecule has 3 aromatic carbocycles. The lowest BCUT2D eigenvalue weighted by atomic mass is 9.81. The highest BCUT2D eigenvalue weighted by atomic mass is 35.5.